The highest BCUT2D eigenvalue weighted by Gasteiger charge is 2.21. The minimum atomic E-state index is -0.898. The third kappa shape index (κ3) is 3.15. The molecular formula is C15H14BrNO2. The molecule has 0 aliphatic rings. The van der Waals surface area contributed by atoms with Crippen molar-refractivity contribution in [2.24, 2.45) is 0 Å². The number of para-hydroxylation sites is 1. The Labute approximate surface area is 120 Å². The quantitative estimate of drug-likeness (QED) is 0.895. The summed E-state index contributed by atoms with van der Waals surface area (Å²) in [5.41, 5.74) is 2.48. The molecule has 0 aliphatic heterocycles. The van der Waals surface area contributed by atoms with Crippen LogP contribution in [0.3, 0.4) is 0 Å². The molecule has 2 aromatic carbocycles. The van der Waals surface area contributed by atoms with E-state index >= 15 is 0 Å². The van der Waals surface area contributed by atoms with Crippen LogP contribution in [0.2, 0.25) is 0 Å². The maximum absolute atomic E-state index is 11.5. The van der Waals surface area contributed by atoms with E-state index in [-0.39, 0.29) is 0 Å². The van der Waals surface area contributed by atoms with E-state index in [1.807, 2.05) is 55.5 Å². The van der Waals surface area contributed by atoms with Gasteiger partial charge < -0.3 is 10.4 Å². The summed E-state index contributed by atoms with van der Waals surface area (Å²) in [7, 11) is 0. The van der Waals surface area contributed by atoms with Gasteiger partial charge in [-0.15, -0.1) is 0 Å². The lowest BCUT2D eigenvalue weighted by Gasteiger charge is -2.19. The first-order valence-electron chi connectivity index (χ1n) is 5.89. The van der Waals surface area contributed by atoms with Gasteiger partial charge in [0.2, 0.25) is 0 Å². The number of halogens is 1. The van der Waals surface area contributed by atoms with E-state index in [0.29, 0.717) is 0 Å². The van der Waals surface area contributed by atoms with E-state index in [1.165, 1.54) is 0 Å². The second-order valence-electron chi connectivity index (χ2n) is 4.25. The normalized spacial score (nSPS) is 11.9. The Balaban J connectivity index is 2.35. The molecule has 2 aromatic rings. The number of benzene rings is 2. The largest absolute Gasteiger partial charge is 0.479 e. The average molecular weight is 320 g/mol. The number of aliphatic carboxylic acids is 1. The minimum Gasteiger partial charge on any atom is -0.479 e. The summed E-state index contributed by atoms with van der Waals surface area (Å²) in [6.07, 6.45) is 0. The summed E-state index contributed by atoms with van der Waals surface area (Å²) >= 11 is 3.41. The molecule has 98 valence electrons. The lowest BCUT2D eigenvalue weighted by molar-refractivity contribution is -0.138. The molecule has 0 amide bonds. The summed E-state index contributed by atoms with van der Waals surface area (Å²) in [4.78, 5) is 11.5. The van der Waals surface area contributed by atoms with Crippen molar-refractivity contribution in [3.05, 3.63) is 64.1 Å². The standard InChI is InChI=1S/C15H14BrNO2/c1-10-6-2-3-7-11(10)14(15(18)19)17-13-9-5-4-8-12(13)16/h2-9,14,17H,1H3,(H,18,19). The van der Waals surface area contributed by atoms with E-state index in [1.54, 1.807) is 0 Å². The van der Waals surface area contributed by atoms with Gasteiger partial charge in [-0.25, -0.2) is 4.79 Å². The molecule has 0 spiro atoms. The number of carbonyl (C=O) groups is 1. The van der Waals surface area contributed by atoms with Crippen molar-refractivity contribution in [2.75, 3.05) is 5.32 Å². The Morgan fingerprint density at radius 1 is 1.16 bits per heavy atom. The predicted octanol–water partition coefficient (Wildman–Crippen LogP) is 4.00. The lowest BCUT2D eigenvalue weighted by atomic mass is 10.0. The van der Waals surface area contributed by atoms with Gasteiger partial charge in [0.05, 0.1) is 0 Å². The van der Waals surface area contributed by atoms with Crippen LogP contribution in [0, 0.1) is 6.92 Å². The highest BCUT2D eigenvalue weighted by Crippen LogP contribution is 2.27. The molecular weight excluding hydrogens is 306 g/mol. The molecule has 0 bridgehead atoms. The summed E-state index contributed by atoms with van der Waals surface area (Å²) in [6.45, 7) is 1.91. The molecule has 0 fully saturated rings. The first-order valence-corrected chi connectivity index (χ1v) is 6.68. The van der Waals surface area contributed by atoms with Crippen LogP contribution < -0.4 is 5.32 Å². The second-order valence-corrected chi connectivity index (χ2v) is 5.11. The zero-order chi connectivity index (χ0) is 13.8. The first-order chi connectivity index (χ1) is 9.09. The van der Waals surface area contributed by atoms with Crippen LogP contribution in [-0.4, -0.2) is 11.1 Å². The average Bonchev–Trinajstić information content (AvgIpc) is 2.38. The van der Waals surface area contributed by atoms with Gasteiger partial charge >= 0.3 is 5.97 Å². The Morgan fingerprint density at radius 3 is 2.42 bits per heavy atom. The monoisotopic (exact) mass is 319 g/mol. The van der Waals surface area contributed by atoms with Crippen LogP contribution in [0.4, 0.5) is 5.69 Å². The molecule has 2 N–H and O–H groups in total. The summed E-state index contributed by atoms with van der Waals surface area (Å²) in [5, 5.41) is 12.5. The zero-order valence-electron chi connectivity index (χ0n) is 10.4. The molecule has 0 heterocycles. The molecule has 0 saturated carbocycles. The smallest absolute Gasteiger partial charge is 0.330 e. The van der Waals surface area contributed by atoms with Crippen molar-refractivity contribution in [3.8, 4) is 0 Å². The number of aryl methyl sites for hydroxylation is 1. The zero-order valence-corrected chi connectivity index (χ0v) is 12.0. The first kappa shape index (κ1) is 13.6. The molecule has 4 heteroatoms. The highest BCUT2D eigenvalue weighted by atomic mass is 79.9. The molecule has 0 aromatic heterocycles. The summed E-state index contributed by atoms with van der Waals surface area (Å²) in [5.74, 6) is -0.898. The third-order valence-electron chi connectivity index (χ3n) is 2.92. The molecule has 3 nitrogen and oxygen atoms in total. The number of nitrogens with one attached hydrogen (secondary N) is 1. The predicted molar refractivity (Wildman–Crippen MR) is 79.3 cm³/mol. The Kier molecular flexibility index (Phi) is 4.22. The minimum absolute atomic E-state index is 0.762. The van der Waals surface area contributed by atoms with Gasteiger partial charge in [-0.05, 0) is 46.1 Å². The molecule has 0 saturated heterocycles. The van der Waals surface area contributed by atoms with Gasteiger partial charge in [0, 0.05) is 10.2 Å². The molecule has 19 heavy (non-hydrogen) atoms. The second kappa shape index (κ2) is 5.89. The fourth-order valence-electron chi connectivity index (χ4n) is 1.92. The maximum Gasteiger partial charge on any atom is 0.330 e. The summed E-state index contributed by atoms with van der Waals surface area (Å²) < 4.78 is 0.842. The van der Waals surface area contributed by atoms with Crippen molar-refractivity contribution in [3.63, 3.8) is 0 Å². The Bertz CT molecular complexity index is 598. The van der Waals surface area contributed by atoms with Crippen molar-refractivity contribution in [2.45, 2.75) is 13.0 Å². The number of hydrogen-bond acceptors (Lipinski definition) is 2. The van der Waals surface area contributed by atoms with Gasteiger partial charge in [0.1, 0.15) is 0 Å². The highest BCUT2D eigenvalue weighted by molar-refractivity contribution is 9.10. The van der Waals surface area contributed by atoms with Gasteiger partial charge in [0.25, 0.3) is 0 Å². The van der Waals surface area contributed by atoms with Crippen molar-refractivity contribution >= 4 is 27.6 Å². The van der Waals surface area contributed by atoms with Gasteiger partial charge in [-0.2, -0.15) is 0 Å². The topological polar surface area (TPSA) is 49.3 Å². The van der Waals surface area contributed by atoms with Crippen LogP contribution in [0.15, 0.2) is 53.0 Å². The number of carboxylic acids is 1. The number of rotatable bonds is 4. The third-order valence-corrected chi connectivity index (χ3v) is 3.61. The van der Waals surface area contributed by atoms with Crippen LogP contribution in [0.25, 0.3) is 0 Å². The van der Waals surface area contributed by atoms with Crippen molar-refractivity contribution < 1.29 is 9.90 Å². The molecule has 1 unspecified atom stereocenters. The van der Waals surface area contributed by atoms with E-state index in [0.717, 1.165) is 21.3 Å². The van der Waals surface area contributed by atoms with E-state index in [4.69, 9.17) is 0 Å². The Hall–Kier alpha value is -1.81. The van der Waals surface area contributed by atoms with Gasteiger partial charge in [0.15, 0.2) is 6.04 Å². The van der Waals surface area contributed by atoms with Crippen molar-refractivity contribution in [1.29, 1.82) is 0 Å². The number of hydrogen-bond donors (Lipinski definition) is 2. The fraction of sp³-hybridized carbons (Fsp3) is 0.133. The summed E-state index contributed by atoms with van der Waals surface area (Å²) in [6, 6.07) is 14.2. The van der Waals surface area contributed by atoms with Crippen molar-refractivity contribution in [1.82, 2.24) is 0 Å². The van der Waals surface area contributed by atoms with Gasteiger partial charge in [-0.1, -0.05) is 36.4 Å². The van der Waals surface area contributed by atoms with Crippen LogP contribution in [0.5, 0.6) is 0 Å². The number of carboxylic acid groups (broad SMARTS) is 1. The van der Waals surface area contributed by atoms with E-state index < -0.39 is 12.0 Å². The van der Waals surface area contributed by atoms with Gasteiger partial charge in [-0.3, -0.25) is 0 Å². The molecule has 1 atom stereocenters. The maximum atomic E-state index is 11.5. The SMILES string of the molecule is Cc1ccccc1C(Nc1ccccc1Br)C(=O)O. The fourth-order valence-corrected chi connectivity index (χ4v) is 2.32. The van der Waals surface area contributed by atoms with E-state index in [9.17, 15) is 9.90 Å². The molecule has 2 rings (SSSR count). The van der Waals surface area contributed by atoms with Crippen LogP contribution in [-0.2, 0) is 4.79 Å². The number of anilines is 1. The van der Waals surface area contributed by atoms with Crippen LogP contribution in [0.1, 0.15) is 17.2 Å². The molecule has 0 radical (unpaired) electrons. The lowest BCUT2D eigenvalue weighted by Crippen LogP contribution is -2.21. The molecule has 0 aliphatic carbocycles. The van der Waals surface area contributed by atoms with E-state index in [2.05, 4.69) is 21.2 Å². The Morgan fingerprint density at radius 2 is 1.79 bits per heavy atom. The van der Waals surface area contributed by atoms with Crippen LogP contribution >= 0.6 is 15.9 Å².